The smallest absolute Gasteiger partial charge is 0.412 e. The zero-order valence-corrected chi connectivity index (χ0v) is 15.8. The monoisotopic (exact) mass is 334 g/mol. The van der Waals surface area contributed by atoms with Crippen LogP contribution < -0.4 is 5.32 Å². The number of rotatable bonds is 2. The SMILES string of the molecule is Cc1ccc(NC(=O)OC(C)(C)C)c(C(=N)C#CS(C)(C)C)c1. The molecule has 0 aliphatic carbocycles. The summed E-state index contributed by atoms with van der Waals surface area (Å²) >= 11 is 0. The summed E-state index contributed by atoms with van der Waals surface area (Å²) < 4.78 is 5.27. The van der Waals surface area contributed by atoms with Crippen molar-refractivity contribution in [3.05, 3.63) is 29.3 Å². The summed E-state index contributed by atoms with van der Waals surface area (Å²) in [6, 6.07) is 5.50. The first-order valence-corrected chi connectivity index (χ1v) is 10.1. The molecule has 0 bridgehead atoms. The minimum Gasteiger partial charge on any atom is -0.444 e. The minimum absolute atomic E-state index is 0.196. The Labute approximate surface area is 140 Å². The summed E-state index contributed by atoms with van der Waals surface area (Å²) in [6.45, 7) is 7.36. The Balaban J connectivity index is 3.08. The number of carbonyl (C=O) groups is 1. The molecule has 5 heteroatoms. The number of ether oxygens (including phenoxy) is 1. The van der Waals surface area contributed by atoms with E-state index in [1.54, 1.807) is 6.07 Å². The average molecular weight is 334 g/mol. The van der Waals surface area contributed by atoms with Crippen LogP contribution in [0.4, 0.5) is 10.5 Å². The topological polar surface area (TPSA) is 62.2 Å². The zero-order chi connectivity index (χ0) is 17.8. The molecule has 0 atom stereocenters. The van der Waals surface area contributed by atoms with E-state index in [1.807, 2.05) is 39.8 Å². The molecule has 0 aromatic heterocycles. The number of hydrogen-bond donors (Lipinski definition) is 2. The Morgan fingerprint density at radius 2 is 1.87 bits per heavy atom. The molecular weight excluding hydrogens is 308 g/mol. The van der Waals surface area contributed by atoms with E-state index >= 15 is 0 Å². The summed E-state index contributed by atoms with van der Waals surface area (Å²) in [4.78, 5) is 12.0. The predicted molar refractivity (Wildman–Crippen MR) is 101 cm³/mol. The van der Waals surface area contributed by atoms with Gasteiger partial charge in [-0.15, -0.1) is 0 Å². The number of benzene rings is 1. The van der Waals surface area contributed by atoms with E-state index in [0.29, 0.717) is 11.3 Å². The molecule has 0 spiro atoms. The normalized spacial score (nSPS) is 12.0. The van der Waals surface area contributed by atoms with Crippen LogP contribution in [0.25, 0.3) is 0 Å². The van der Waals surface area contributed by atoms with Crippen molar-refractivity contribution in [2.24, 2.45) is 0 Å². The number of carbonyl (C=O) groups excluding carboxylic acids is 1. The van der Waals surface area contributed by atoms with E-state index in [1.165, 1.54) is 0 Å². The van der Waals surface area contributed by atoms with E-state index < -0.39 is 21.7 Å². The van der Waals surface area contributed by atoms with Crippen LogP contribution in [-0.4, -0.2) is 36.2 Å². The molecule has 0 aliphatic heterocycles. The fraction of sp³-hybridized carbons (Fsp3) is 0.444. The fourth-order valence-electron chi connectivity index (χ4n) is 1.66. The maximum Gasteiger partial charge on any atom is 0.412 e. The van der Waals surface area contributed by atoms with Gasteiger partial charge in [0.2, 0.25) is 0 Å². The van der Waals surface area contributed by atoms with E-state index in [2.05, 4.69) is 35.3 Å². The molecule has 0 saturated heterocycles. The Kier molecular flexibility index (Phi) is 5.90. The molecule has 1 rings (SSSR count). The fourth-order valence-corrected chi connectivity index (χ4v) is 2.07. The lowest BCUT2D eigenvalue weighted by Gasteiger charge is -2.20. The van der Waals surface area contributed by atoms with Gasteiger partial charge in [0.05, 0.1) is 5.69 Å². The van der Waals surface area contributed by atoms with Crippen molar-refractivity contribution >= 4 is 27.5 Å². The standard InChI is InChI=1S/C18H26N2O2S/c1-13-8-9-16(20-17(21)22-18(2,3)4)14(12-13)15(19)10-11-23(5,6)7/h8-9,12,19H,1-7H3,(H,20,21). The first-order valence-electron chi connectivity index (χ1n) is 7.28. The molecule has 1 aromatic rings. The molecule has 0 aliphatic rings. The molecule has 0 fully saturated rings. The third-order valence-electron chi connectivity index (χ3n) is 2.56. The molecule has 1 aromatic carbocycles. The van der Waals surface area contributed by atoms with Crippen LogP contribution in [0.5, 0.6) is 0 Å². The van der Waals surface area contributed by atoms with Gasteiger partial charge in [0.1, 0.15) is 11.3 Å². The number of hydrogen-bond acceptors (Lipinski definition) is 3. The molecule has 1 amide bonds. The second-order valence-electron chi connectivity index (χ2n) is 7.12. The van der Waals surface area contributed by atoms with Gasteiger partial charge in [-0.1, -0.05) is 11.6 Å². The Bertz CT molecular complexity index is 671. The largest absolute Gasteiger partial charge is 0.444 e. The highest BCUT2D eigenvalue weighted by Crippen LogP contribution is 2.32. The summed E-state index contributed by atoms with van der Waals surface area (Å²) in [7, 11) is -1.01. The third-order valence-corrected chi connectivity index (χ3v) is 3.28. The molecule has 0 heterocycles. The van der Waals surface area contributed by atoms with Crippen LogP contribution >= 0.6 is 10.0 Å². The van der Waals surface area contributed by atoms with Crippen LogP contribution in [0.1, 0.15) is 31.9 Å². The molecule has 23 heavy (non-hydrogen) atoms. The predicted octanol–water partition coefficient (Wildman–Crippen LogP) is 4.36. The van der Waals surface area contributed by atoms with Gasteiger partial charge in [0.25, 0.3) is 0 Å². The van der Waals surface area contributed by atoms with Crippen LogP contribution in [0.15, 0.2) is 18.2 Å². The van der Waals surface area contributed by atoms with Crippen molar-refractivity contribution in [1.82, 2.24) is 0 Å². The van der Waals surface area contributed by atoms with Gasteiger partial charge in [-0.3, -0.25) is 10.7 Å². The zero-order valence-electron chi connectivity index (χ0n) is 15.0. The third kappa shape index (κ3) is 7.25. The van der Waals surface area contributed by atoms with E-state index in [-0.39, 0.29) is 5.71 Å². The van der Waals surface area contributed by atoms with Gasteiger partial charge in [0, 0.05) is 5.56 Å². The van der Waals surface area contributed by atoms with Crippen molar-refractivity contribution in [2.75, 3.05) is 24.1 Å². The highest BCUT2D eigenvalue weighted by molar-refractivity contribution is 8.36. The first kappa shape index (κ1) is 19.1. The van der Waals surface area contributed by atoms with Gasteiger partial charge in [-0.2, -0.15) is 10.0 Å². The van der Waals surface area contributed by atoms with E-state index in [9.17, 15) is 4.79 Å². The van der Waals surface area contributed by atoms with Crippen molar-refractivity contribution in [1.29, 1.82) is 5.41 Å². The van der Waals surface area contributed by atoms with Crippen molar-refractivity contribution < 1.29 is 9.53 Å². The quantitative estimate of drug-likeness (QED) is 0.623. The van der Waals surface area contributed by atoms with Crippen LogP contribution in [0.3, 0.4) is 0 Å². The van der Waals surface area contributed by atoms with E-state index in [0.717, 1.165) is 5.56 Å². The van der Waals surface area contributed by atoms with Crippen LogP contribution in [0.2, 0.25) is 0 Å². The van der Waals surface area contributed by atoms with Gasteiger partial charge >= 0.3 is 6.09 Å². The van der Waals surface area contributed by atoms with Gasteiger partial charge in [-0.05, 0) is 69.8 Å². The summed E-state index contributed by atoms with van der Waals surface area (Å²) in [5.41, 5.74) is 1.77. The van der Waals surface area contributed by atoms with Gasteiger partial charge in [-0.25, -0.2) is 4.79 Å². The Hall–Kier alpha value is -1.93. The molecule has 0 saturated carbocycles. The second kappa shape index (κ2) is 7.10. The summed E-state index contributed by atoms with van der Waals surface area (Å²) in [6.07, 6.45) is 5.68. The van der Waals surface area contributed by atoms with E-state index in [4.69, 9.17) is 10.1 Å². The second-order valence-corrected chi connectivity index (χ2v) is 11.0. The highest BCUT2D eigenvalue weighted by Gasteiger charge is 2.18. The van der Waals surface area contributed by atoms with Crippen molar-refractivity contribution in [3.8, 4) is 11.2 Å². The lowest BCUT2D eigenvalue weighted by atomic mass is 10.1. The molecule has 126 valence electrons. The maximum absolute atomic E-state index is 12.0. The van der Waals surface area contributed by atoms with Crippen LogP contribution in [0, 0.1) is 23.5 Å². The Morgan fingerprint density at radius 3 is 2.39 bits per heavy atom. The number of anilines is 1. The van der Waals surface area contributed by atoms with Gasteiger partial charge in [0.15, 0.2) is 0 Å². The Morgan fingerprint density at radius 1 is 1.26 bits per heavy atom. The molecule has 2 N–H and O–H groups in total. The molecule has 0 unspecified atom stereocenters. The first-order chi connectivity index (χ1) is 10.4. The van der Waals surface area contributed by atoms with Gasteiger partial charge < -0.3 is 4.74 Å². The molecule has 4 nitrogen and oxygen atoms in total. The van der Waals surface area contributed by atoms with Crippen molar-refractivity contribution in [2.45, 2.75) is 33.3 Å². The maximum atomic E-state index is 12.0. The number of amides is 1. The van der Waals surface area contributed by atoms with Crippen molar-refractivity contribution in [3.63, 3.8) is 0 Å². The number of nitrogens with one attached hydrogen (secondary N) is 2. The summed E-state index contributed by atoms with van der Waals surface area (Å²) in [5.74, 6) is 2.91. The highest BCUT2D eigenvalue weighted by atomic mass is 32.3. The lowest BCUT2D eigenvalue weighted by Crippen LogP contribution is -2.27. The number of aryl methyl sites for hydroxylation is 1. The molecule has 0 radical (unpaired) electrons. The lowest BCUT2D eigenvalue weighted by molar-refractivity contribution is 0.0636. The van der Waals surface area contributed by atoms with Crippen LogP contribution in [-0.2, 0) is 4.74 Å². The summed E-state index contributed by atoms with van der Waals surface area (Å²) in [5, 5.41) is 14.1. The molecular formula is C18H26N2O2S. The minimum atomic E-state index is -1.01. The average Bonchev–Trinajstić information content (AvgIpc) is 2.35.